The number of thioether (sulfide) groups is 1. The zero-order chi connectivity index (χ0) is 20.2. The minimum atomic E-state index is -0.393. The third-order valence-electron chi connectivity index (χ3n) is 5.40. The van der Waals surface area contributed by atoms with Gasteiger partial charge >= 0.3 is 0 Å². The van der Waals surface area contributed by atoms with E-state index in [4.69, 9.17) is 4.98 Å². The first-order chi connectivity index (χ1) is 14.9. The van der Waals surface area contributed by atoms with Gasteiger partial charge in [-0.15, -0.1) is 11.8 Å². The summed E-state index contributed by atoms with van der Waals surface area (Å²) in [6, 6.07) is 42.9. The second kappa shape index (κ2) is 8.17. The van der Waals surface area contributed by atoms with E-state index in [2.05, 4.69) is 115 Å². The highest BCUT2D eigenvalue weighted by molar-refractivity contribution is 8.00. The molecule has 0 aliphatic heterocycles. The average molecular weight is 404 g/mol. The molecule has 0 aliphatic rings. The lowest BCUT2D eigenvalue weighted by Crippen LogP contribution is -2.25. The van der Waals surface area contributed by atoms with Crippen LogP contribution >= 0.6 is 11.8 Å². The summed E-state index contributed by atoms with van der Waals surface area (Å²) in [6.07, 6.45) is 1.88. The van der Waals surface area contributed by atoms with Gasteiger partial charge in [0.15, 0.2) is 0 Å². The van der Waals surface area contributed by atoms with Crippen molar-refractivity contribution in [3.05, 3.63) is 144 Å². The highest BCUT2D eigenvalue weighted by Crippen LogP contribution is 2.52. The van der Waals surface area contributed by atoms with Crippen LogP contribution in [0.15, 0.2) is 132 Å². The molecule has 30 heavy (non-hydrogen) atoms. The topological polar surface area (TPSA) is 12.9 Å². The highest BCUT2D eigenvalue weighted by Gasteiger charge is 2.38. The Bertz CT molecular complexity index is 1150. The third-order valence-corrected chi connectivity index (χ3v) is 6.96. The first kappa shape index (κ1) is 18.7. The molecule has 0 N–H and O–H groups in total. The molecule has 0 aliphatic carbocycles. The molecule has 4 aromatic carbocycles. The van der Waals surface area contributed by atoms with Gasteiger partial charge in [-0.1, -0.05) is 109 Å². The smallest absolute Gasteiger partial charge is 0.0954 e. The Labute approximate surface area is 181 Å². The van der Waals surface area contributed by atoms with Crippen LogP contribution in [0.4, 0.5) is 0 Å². The van der Waals surface area contributed by atoms with Crippen molar-refractivity contribution in [1.29, 1.82) is 0 Å². The summed E-state index contributed by atoms with van der Waals surface area (Å²) in [4.78, 5) is 5.90. The average Bonchev–Trinajstić information content (AvgIpc) is 2.84. The van der Waals surface area contributed by atoms with Crippen LogP contribution in [0.5, 0.6) is 0 Å². The van der Waals surface area contributed by atoms with Crippen molar-refractivity contribution in [1.82, 2.24) is 4.98 Å². The van der Waals surface area contributed by atoms with Crippen molar-refractivity contribution in [2.75, 3.05) is 0 Å². The number of benzene rings is 4. The Balaban J connectivity index is 1.82. The van der Waals surface area contributed by atoms with Crippen LogP contribution in [0, 0.1) is 0 Å². The second-order valence-electron chi connectivity index (χ2n) is 7.21. The number of pyridine rings is 1. The van der Waals surface area contributed by atoms with Crippen LogP contribution < -0.4 is 0 Å². The van der Waals surface area contributed by atoms with Gasteiger partial charge in [0.2, 0.25) is 0 Å². The molecule has 0 saturated carbocycles. The molecule has 0 bridgehead atoms. The maximum Gasteiger partial charge on any atom is 0.0954 e. The summed E-state index contributed by atoms with van der Waals surface area (Å²) < 4.78 is -0.393. The maximum absolute atomic E-state index is 4.73. The van der Waals surface area contributed by atoms with Gasteiger partial charge in [0.25, 0.3) is 0 Å². The van der Waals surface area contributed by atoms with Crippen molar-refractivity contribution in [2.45, 2.75) is 9.64 Å². The van der Waals surface area contributed by atoms with Gasteiger partial charge in [0, 0.05) is 16.5 Å². The lowest BCUT2D eigenvalue weighted by Gasteiger charge is -2.35. The highest BCUT2D eigenvalue weighted by atomic mass is 32.2. The molecule has 144 valence electrons. The fourth-order valence-electron chi connectivity index (χ4n) is 4.02. The Morgan fingerprint density at radius 3 is 1.53 bits per heavy atom. The van der Waals surface area contributed by atoms with Crippen LogP contribution in [-0.2, 0) is 4.75 Å². The zero-order valence-corrected chi connectivity index (χ0v) is 17.3. The van der Waals surface area contributed by atoms with E-state index < -0.39 is 4.75 Å². The van der Waals surface area contributed by atoms with Gasteiger partial charge in [-0.2, -0.15) is 0 Å². The monoisotopic (exact) mass is 403 g/mol. The van der Waals surface area contributed by atoms with Crippen molar-refractivity contribution in [2.24, 2.45) is 0 Å². The van der Waals surface area contributed by atoms with E-state index in [0.717, 1.165) is 10.9 Å². The lowest BCUT2D eigenvalue weighted by atomic mass is 9.84. The largest absolute Gasteiger partial charge is 0.255 e. The molecule has 0 spiro atoms. The summed E-state index contributed by atoms with van der Waals surface area (Å²) in [5.74, 6) is 0. The van der Waals surface area contributed by atoms with E-state index in [1.54, 1.807) is 0 Å². The summed E-state index contributed by atoms with van der Waals surface area (Å²) in [5, 5.41) is 1.16. The fraction of sp³-hybridized carbons (Fsp3) is 0.0357. The summed E-state index contributed by atoms with van der Waals surface area (Å²) >= 11 is 1.86. The molecule has 2 heteroatoms. The molecular weight excluding hydrogens is 382 g/mol. The molecule has 0 fully saturated rings. The van der Waals surface area contributed by atoms with Gasteiger partial charge in [-0.05, 0) is 28.8 Å². The molecule has 1 nitrogen and oxygen atoms in total. The standard InChI is InChI=1S/C28H21NS/c1-4-14-23(15-5-1)28(24-16-6-2-7-17-24,25-18-8-3-9-19-25)30-26-20-10-12-22-13-11-21-29-27(22)26/h1-21H. The Morgan fingerprint density at radius 1 is 0.500 bits per heavy atom. The molecule has 0 unspecified atom stereocenters. The molecule has 5 aromatic rings. The molecule has 0 radical (unpaired) electrons. The first-order valence-corrected chi connectivity index (χ1v) is 10.9. The second-order valence-corrected chi connectivity index (χ2v) is 8.47. The predicted molar refractivity (Wildman–Crippen MR) is 127 cm³/mol. The molecule has 1 aromatic heterocycles. The summed E-state index contributed by atoms with van der Waals surface area (Å²) in [6.45, 7) is 0. The normalized spacial score (nSPS) is 11.5. The van der Waals surface area contributed by atoms with E-state index in [-0.39, 0.29) is 0 Å². The number of para-hydroxylation sites is 1. The van der Waals surface area contributed by atoms with Gasteiger partial charge in [0.05, 0.1) is 10.3 Å². The molecule has 0 amide bonds. The molecular formula is C28H21NS. The predicted octanol–water partition coefficient (Wildman–Crippen LogP) is 7.32. The van der Waals surface area contributed by atoms with E-state index in [1.165, 1.54) is 21.6 Å². The van der Waals surface area contributed by atoms with Gasteiger partial charge < -0.3 is 0 Å². The minimum absolute atomic E-state index is 0.393. The fourth-order valence-corrected chi connectivity index (χ4v) is 5.52. The SMILES string of the molecule is c1ccc(C(Sc2cccc3cccnc23)(c2ccccc2)c2ccccc2)cc1. The zero-order valence-electron chi connectivity index (χ0n) is 16.5. The number of aromatic nitrogens is 1. The van der Waals surface area contributed by atoms with Crippen LogP contribution in [0.1, 0.15) is 16.7 Å². The van der Waals surface area contributed by atoms with Gasteiger partial charge in [-0.25, -0.2) is 0 Å². The number of fused-ring (bicyclic) bond motifs is 1. The molecule has 0 atom stereocenters. The van der Waals surface area contributed by atoms with E-state index in [1.807, 2.05) is 24.0 Å². The Morgan fingerprint density at radius 2 is 1.00 bits per heavy atom. The first-order valence-electron chi connectivity index (χ1n) is 10.1. The number of rotatable bonds is 5. The number of hydrogen-bond acceptors (Lipinski definition) is 2. The van der Waals surface area contributed by atoms with Crippen molar-refractivity contribution in [3.63, 3.8) is 0 Å². The minimum Gasteiger partial charge on any atom is -0.255 e. The van der Waals surface area contributed by atoms with E-state index in [9.17, 15) is 0 Å². The van der Waals surface area contributed by atoms with Crippen molar-refractivity contribution in [3.8, 4) is 0 Å². The maximum atomic E-state index is 4.73. The molecule has 1 heterocycles. The third kappa shape index (κ3) is 3.30. The summed E-state index contributed by atoms with van der Waals surface area (Å²) in [7, 11) is 0. The van der Waals surface area contributed by atoms with E-state index >= 15 is 0 Å². The van der Waals surface area contributed by atoms with Crippen molar-refractivity contribution >= 4 is 22.7 Å². The Hall–Kier alpha value is -3.36. The van der Waals surface area contributed by atoms with Crippen LogP contribution in [0.2, 0.25) is 0 Å². The lowest BCUT2D eigenvalue weighted by molar-refractivity contribution is 0.894. The Kier molecular flexibility index (Phi) is 5.08. The van der Waals surface area contributed by atoms with Gasteiger partial charge in [-0.3, -0.25) is 4.98 Å². The number of nitrogens with zero attached hydrogens (tertiary/aromatic N) is 1. The van der Waals surface area contributed by atoms with Crippen LogP contribution in [-0.4, -0.2) is 4.98 Å². The molecule has 5 rings (SSSR count). The summed E-state index contributed by atoms with van der Waals surface area (Å²) in [5.41, 5.74) is 4.79. The quantitative estimate of drug-likeness (QED) is 0.225. The van der Waals surface area contributed by atoms with Gasteiger partial charge in [0.1, 0.15) is 0 Å². The van der Waals surface area contributed by atoms with Crippen molar-refractivity contribution < 1.29 is 0 Å². The molecule has 0 saturated heterocycles. The van der Waals surface area contributed by atoms with Crippen LogP contribution in [0.3, 0.4) is 0 Å². The van der Waals surface area contributed by atoms with Crippen LogP contribution in [0.25, 0.3) is 10.9 Å². The van der Waals surface area contributed by atoms with E-state index in [0.29, 0.717) is 0 Å². The number of hydrogen-bond donors (Lipinski definition) is 0.